The molecule has 0 aliphatic rings. The van der Waals surface area contributed by atoms with E-state index in [4.69, 9.17) is 5.73 Å². The van der Waals surface area contributed by atoms with Crippen LogP contribution >= 0.6 is 0 Å². The van der Waals surface area contributed by atoms with Gasteiger partial charge in [0.05, 0.1) is 10.6 Å². The summed E-state index contributed by atoms with van der Waals surface area (Å²) >= 11 is 0. The molecule has 1 unspecified atom stereocenters. The lowest BCUT2D eigenvalue weighted by molar-refractivity contribution is -0.120. The van der Waals surface area contributed by atoms with Gasteiger partial charge in [0.15, 0.2) is 9.84 Å². The Kier molecular flexibility index (Phi) is 4.37. The fraction of sp³-hybridized carbons (Fsp3) is 0.200. The van der Waals surface area contributed by atoms with Crippen molar-refractivity contribution >= 4 is 15.7 Å². The summed E-state index contributed by atoms with van der Waals surface area (Å²) in [6, 6.07) is 10.2. The Morgan fingerprint density at radius 1 is 1.10 bits per heavy atom. The van der Waals surface area contributed by atoms with E-state index in [-0.39, 0.29) is 10.6 Å². The fourth-order valence-corrected chi connectivity index (χ4v) is 3.47. The topological polar surface area (TPSA) is 90.1 Å². The van der Waals surface area contributed by atoms with E-state index in [0.29, 0.717) is 0 Å². The van der Waals surface area contributed by atoms with E-state index in [1.54, 1.807) is 36.7 Å². The molecule has 6 heteroatoms. The second-order valence-corrected chi connectivity index (χ2v) is 6.88. The van der Waals surface area contributed by atoms with Gasteiger partial charge in [0.2, 0.25) is 5.91 Å². The number of amides is 1. The van der Waals surface area contributed by atoms with Gasteiger partial charge in [-0.2, -0.15) is 0 Å². The van der Waals surface area contributed by atoms with Gasteiger partial charge in [0, 0.05) is 18.3 Å². The number of hydrogen-bond acceptors (Lipinski definition) is 4. The summed E-state index contributed by atoms with van der Waals surface area (Å²) in [7, 11) is -3.52. The average molecular weight is 304 g/mol. The summed E-state index contributed by atoms with van der Waals surface area (Å²) in [6.07, 6.45) is 3.35. The molecule has 1 atom stereocenters. The predicted octanol–water partition coefficient (Wildman–Crippen LogP) is 1.64. The molecule has 2 rings (SSSR count). The Hall–Kier alpha value is -2.21. The van der Waals surface area contributed by atoms with Crippen LogP contribution in [0.2, 0.25) is 0 Å². The van der Waals surface area contributed by atoms with Gasteiger partial charge in [-0.25, -0.2) is 8.42 Å². The first-order valence-corrected chi connectivity index (χ1v) is 8.08. The van der Waals surface area contributed by atoms with Crippen molar-refractivity contribution in [3.05, 3.63) is 48.8 Å². The third-order valence-corrected chi connectivity index (χ3v) is 5.11. The number of aromatic nitrogens is 1. The van der Waals surface area contributed by atoms with Crippen LogP contribution in [-0.2, 0) is 14.6 Å². The van der Waals surface area contributed by atoms with Crippen molar-refractivity contribution in [2.75, 3.05) is 5.75 Å². The van der Waals surface area contributed by atoms with Crippen molar-refractivity contribution in [3.8, 4) is 11.1 Å². The van der Waals surface area contributed by atoms with Gasteiger partial charge in [-0.15, -0.1) is 0 Å². The lowest BCUT2D eigenvalue weighted by Crippen LogP contribution is -2.27. The van der Waals surface area contributed by atoms with Crippen LogP contribution in [0.1, 0.15) is 6.92 Å². The van der Waals surface area contributed by atoms with E-state index in [9.17, 15) is 13.2 Å². The van der Waals surface area contributed by atoms with Gasteiger partial charge in [-0.1, -0.05) is 19.1 Å². The number of carbonyl (C=O) groups excluding carboxylic acids is 1. The third kappa shape index (κ3) is 3.66. The molecule has 0 aliphatic heterocycles. The van der Waals surface area contributed by atoms with E-state index in [0.717, 1.165) is 11.1 Å². The molecule has 1 amide bonds. The van der Waals surface area contributed by atoms with E-state index in [2.05, 4.69) is 4.98 Å². The molecule has 1 aromatic carbocycles. The predicted molar refractivity (Wildman–Crippen MR) is 80.1 cm³/mol. The van der Waals surface area contributed by atoms with Crippen LogP contribution in [0.25, 0.3) is 11.1 Å². The lowest BCUT2D eigenvalue weighted by atomic mass is 10.1. The molecule has 5 nitrogen and oxygen atoms in total. The van der Waals surface area contributed by atoms with Crippen LogP contribution in [-0.4, -0.2) is 25.1 Å². The van der Waals surface area contributed by atoms with Crippen LogP contribution in [0, 0.1) is 5.92 Å². The molecular weight excluding hydrogens is 288 g/mol. The van der Waals surface area contributed by atoms with Crippen molar-refractivity contribution in [1.29, 1.82) is 0 Å². The summed E-state index contributed by atoms with van der Waals surface area (Å²) in [5.74, 6) is -1.61. The summed E-state index contributed by atoms with van der Waals surface area (Å²) in [5, 5.41) is 0. The minimum atomic E-state index is -3.52. The van der Waals surface area contributed by atoms with Crippen LogP contribution in [0.3, 0.4) is 0 Å². The SMILES string of the molecule is CC(CS(=O)(=O)c1ccc(-c2ccncc2)cc1)C(N)=O. The van der Waals surface area contributed by atoms with E-state index in [1.807, 2.05) is 12.1 Å². The lowest BCUT2D eigenvalue weighted by Gasteiger charge is -2.09. The first kappa shape index (κ1) is 15.2. The standard InChI is InChI=1S/C15H16N2O3S/c1-11(15(16)18)10-21(19,20)14-4-2-12(3-5-14)13-6-8-17-9-7-13/h2-9,11H,10H2,1H3,(H2,16,18). The molecule has 0 saturated heterocycles. The van der Waals surface area contributed by atoms with Gasteiger partial charge in [0.1, 0.15) is 0 Å². The highest BCUT2D eigenvalue weighted by atomic mass is 32.2. The summed E-state index contributed by atoms with van der Waals surface area (Å²) < 4.78 is 24.4. The van der Waals surface area contributed by atoms with Crippen molar-refractivity contribution in [3.63, 3.8) is 0 Å². The highest BCUT2D eigenvalue weighted by Crippen LogP contribution is 2.21. The molecule has 0 bridgehead atoms. The molecule has 0 saturated carbocycles. The van der Waals surface area contributed by atoms with Gasteiger partial charge in [0.25, 0.3) is 0 Å². The minimum Gasteiger partial charge on any atom is -0.369 e. The molecule has 110 valence electrons. The fourth-order valence-electron chi connectivity index (χ4n) is 1.91. The number of rotatable bonds is 5. The van der Waals surface area contributed by atoms with Crippen LogP contribution < -0.4 is 5.73 Å². The normalized spacial score (nSPS) is 12.8. The van der Waals surface area contributed by atoms with E-state index >= 15 is 0 Å². The Balaban J connectivity index is 2.25. The van der Waals surface area contributed by atoms with E-state index in [1.165, 1.54) is 6.92 Å². The number of hydrogen-bond donors (Lipinski definition) is 1. The van der Waals surface area contributed by atoms with Gasteiger partial charge in [-0.05, 0) is 35.4 Å². The number of nitrogens with two attached hydrogens (primary N) is 1. The zero-order valence-corrected chi connectivity index (χ0v) is 12.4. The Labute approximate surface area is 123 Å². The Morgan fingerprint density at radius 3 is 2.14 bits per heavy atom. The molecule has 0 aliphatic carbocycles. The molecule has 21 heavy (non-hydrogen) atoms. The number of carbonyl (C=O) groups is 1. The van der Waals surface area contributed by atoms with Gasteiger partial charge in [-0.3, -0.25) is 9.78 Å². The van der Waals surface area contributed by atoms with Gasteiger partial charge >= 0.3 is 0 Å². The average Bonchev–Trinajstić information content (AvgIpc) is 2.48. The third-order valence-electron chi connectivity index (χ3n) is 3.18. The van der Waals surface area contributed by atoms with Crippen molar-refractivity contribution in [2.24, 2.45) is 11.7 Å². The number of sulfone groups is 1. The molecule has 1 heterocycles. The summed E-state index contributed by atoms with van der Waals surface area (Å²) in [4.78, 5) is 15.1. The first-order valence-electron chi connectivity index (χ1n) is 6.42. The second kappa shape index (κ2) is 6.05. The molecule has 2 aromatic rings. The number of benzene rings is 1. The van der Waals surface area contributed by atoms with Crippen LogP contribution in [0.4, 0.5) is 0 Å². The first-order chi connectivity index (χ1) is 9.90. The van der Waals surface area contributed by atoms with Crippen molar-refractivity contribution in [2.45, 2.75) is 11.8 Å². The molecule has 0 spiro atoms. The monoisotopic (exact) mass is 304 g/mol. The summed E-state index contributed by atoms with van der Waals surface area (Å²) in [5.41, 5.74) is 6.97. The Bertz CT molecular complexity index is 725. The van der Waals surface area contributed by atoms with Gasteiger partial charge < -0.3 is 5.73 Å². The number of primary amides is 1. The number of pyridine rings is 1. The van der Waals surface area contributed by atoms with Crippen molar-refractivity contribution in [1.82, 2.24) is 4.98 Å². The quantitative estimate of drug-likeness (QED) is 0.909. The molecule has 1 aromatic heterocycles. The van der Waals surface area contributed by atoms with Crippen LogP contribution in [0.15, 0.2) is 53.7 Å². The highest BCUT2D eigenvalue weighted by molar-refractivity contribution is 7.91. The second-order valence-electron chi connectivity index (χ2n) is 4.85. The molecule has 0 radical (unpaired) electrons. The van der Waals surface area contributed by atoms with E-state index < -0.39 is 21.7 Å². The largest absolute Gasteiger partial charge is 0.369 e. The molecule has 0 fully saturated rings. The maximum atomic E-state index is 12.2. The highest BCUT2D eigenvalue weighted by Gasteiger charge is 2.21. The minimum absolute atomic E-state index is 0.188. The number of nitrogens with zero attached hydrogens (tertiary/aromatic N) is 1. The zero-order valence-electron chi connectivity index (χ0n) is 11.6. The maximum Gasteiger partial charge on any atom is 0.221 e. The van der Waals surface area contributed by atoms with Crippen LogP contribution in [0.5, 0.6) is 0 Å². The molecule has 2 N–H and O–H groups in total. The maximum absolute atomic E-state index is 12.2. The zero-order chi connectivity index (χ0) is 15.5. The smallest absolute Gasteiger partial charge is 0.221 e. The Morgan fingerprint density at radius 2 is 1.62 bits per heavy atom. The van der Waals surface area contributed by atoms with Crippen molar-refractivity contribution < 1.29 is 13.2 Å². The molecular formula is C15H16N2O3S. The summed E-state index contributed by atoms with van der Waals surface area (Å²) in [6.45, 7) is 1.51.